The molecular formula is C6H16Br3N3. The molecule has 0 saturated carbocycles. The predicted octanol–water partition coefficient (Wildman–Crippen LogP) is 2.01. The molecule has 0 aliphatic heterocycles. The van der Waals surface area contributed by atoms with Crippen LogP contribution in [-0.2, 0) is 0 Å². The first-order valence-corrected chi connectivity index (χ1v) is 4.45. The van der Waals surface area contributed by atoms with Gasteiger partial charge in [0.2, 0.25) is 0 Å². The van der Waals surface area contributed by atoms with Crippen molar-refractivity contribution in [2.45, 2.75) is 6.92 Å². The standard InChI is InChI=1S/C6H14BrN3.2BrH/c1-3-10(5-4-7)6(8)9-2;;/h3-5H2,1-2H3,(H2,8,9);2*1H. The van der Waals surface area contributed by atoms with E-state index in [0.29, 0.717) is 5.96 Å². The molecule has 6 heteroatoms. The van der Waals surface area contributed by atoms with Crippen LogP contribution in [0.1, 0.15) is 6.92 Å². The van der Waals surface area contributed by atoms with Crippen LogP contribution < -0.4 is 5.32 Å². The lowest BCUT2D eigenvalue weighted by atomic mass is 10.5. The highest BCUT2D eigenvalue weighted by Crippen LogP contribution is 1.89. The van der Waals surface area contributed by atoms with Crippen LogP contribution in [0.25, 0.3) is 0 Å². The van der Waals surface area contributed by atoms with Gasteiger partial charge in [0.25, 0.3) is 0 Å². The highest BCUT2D eigenvalue weighted by molar-refractivity contribution is 9.09. The van der Waals surface area contributed by atoms with Gasteiger partial charge in [-0.3, -0.25) is 5.41 Å². The Morgan fingerprint density at radius 1 is 1.50 bits per heavy atom. The summed E-state index contributed by atoms with van der Waals surface area (Å²) in [4.78, 5) is 1.95. The Kier molecular flexibility index (Phi) is 18.0. The third-order valence-corrected chi connectivity index (χ3v) is 1.64. The molecule has 0 aromatic rings. The van der Waals surface area contributed by atoms with Crippen molar-refractivity contribution in [3.05, 3.63) is 0 Å². The topological polar surface area (TPSA) is 39.1 Å². The molecule has 0 bridgehead atoms. The number of guanidine groups is 1. The van der Waals surface area contributed by atoms with E-state index in [1.54, 1.807) is 7.05 Å². The van der Waals surface area contributed by atoms with Gasteiger partial charge in [-0.2, -0.15) is 0 Å². The summed E-state index contributed by atoms with van der Waals surface area (Å²) in [6.07, 6.45) is 0. The average Bonchev–Trinajstić information content (AvgIpc) is 1.99. The number of hydrogen-bond donors (Lipinski definition) is 2. The Morgan fingerprint density at radius 3 is 2.25 bits per heavy atom. The summed E-state index contributed by atoms with van der Waals surface area (Å²) in [5.74, 6) is 0.488. The van der Waals surface area contributed by atoms with Crippen LogP contribution in [0.15, 0.2) is 0 Å². The van der Waals surface area contributed by atoms with Gasteiger partial charge < -0.3 is 10.2 Å². The molecule has 0 aliphatic carbocycles. The Balaban J connectivity index is -0.000000405. The van der Waals surface area contributed by atoms with E-state index in [1.165, 1.54) is 0 Å². The highest BCUT2D eigenvalue weighted by atomic mass is 79.9. The van der Waals surface area contributed by atoms with E-state index in [1.807, 2.05) is 11.8 Å². The van der Waals surface area contributed by atoms with Crippen molar-refractivity contribution >= 4 is 55.9 Å². The van der Waals surface area contributed by atoms with Gasteiger partial charge in [0.1, 0.15) is 0 Å². The summed E-state index contributed by atoms with van der Waals surface area (Å²) < 4.78 is 0. The zero-order valence-corrected chi connectivity index (χ0v) is 12.3. The van der Waals surface area contributed by atoms with Crippen molar-refractivity contribution in [3.8, 4) is 0 Å². The highest BCUT2D eigenvalue weighted by Gasteiger charge is 2.02. The number of alkyl halides is 1. The Morgan fingerprint density at radius 2 is 2.00 bits per heavy atom. The maximum atomic E-state index is 7.39. The maximum Gasteiger partial charge on any atom is 0.190 e. The van der Waals surface area contributed by atoms with Crippen molar-refractivity contribution in [1.82, 2.24) is 10.2 Å². The first-order chi connectivity index (χ1) is 4.76. The van der Waals surface area contributed by atoms with Crippen molar-refractivity contribution in [2.24, 2.45) is 0 Å². The van der Waals surface area contributed by atoms with E-state index < -0.39 is 0 Å². The lowest BCUT2D eigenvalue weighted by molar-refractivity contribution is 0.452. The molecule has 2 N–H and O–H groups in total. The van der Waals surface area contributed by atoms with Crippen LogP contribution in [0, 0.1) is 5.41 Å². The Hall–Kier alpha value is 0.710. The summed E-state index contributed by atoms with van der Waals surface area (Å²) in [5, 5.41) is 11.1. The molecule has 0 rings (SSSR count). The van der Waals surface area contributed by atoms with Crippen LogP contribution in [-0.4, -0.2) is 36.3 Å². The lowest BCUT2D eigenvalue weighted by Crippen LogP contribution is -2.39. The minimum Gasteiger partial charge on any atom is -0.359 e. The average molecular weight is 370 g/mol. The second kappa shape index (κ2) is 11.7. The summed E-state index contributed by atoms with van der Waals surface area (Å²) >= 11 is 3.32. The third-order valence-electron chi connectivity index (χ3n) is 1.29. The first-order valence-electron chi connectivity index (χ1n) is 3.33. The molecule has 0 amide bonds. The largest absolute Gasteiger partial charge is 0.359 e. The van der Waals surface area contributed by atoms with E-state index >= 15 is 0 Å². The summed E-state index contributed by atoms with van der Waals surface area (Å²) in [6, 6.07) is 0. The van der Waals surface area contributed by atoms with Gasteiger partial charge in [0.15, 0.2) is 5.96 Å². The minimum atomic E-state index is 0. The fourth-order valence-corrected chi connectivity index (χ4v) is 1.12. The summed E-state index contributed by atoms with van der Waals surface area (Å²) in [5.41, 5.74) is 0. The molecule has 0 saturated heterocycles. The van der Waals surface area contributed by atoms with Gasteiger partial charge in [-0.1, -0.05) is 15.9 Å². The van der Waals surface area contributed by atoms with Crippen molar-refractivity contribution in [1.29, 1.82) is 5.41 Å². The molecule has 12 heavy (non-hydrogen) atoms. The van der Waals surface area contributed by atoms with Crippen molar-refractivity contribution in [2.75, 3.05) is 25.5 Å². The van der Waals surface area contributed by atoms with Crippen LogP contribution in [0.4, 0.5) is 0 Å². The zero-order valence-electron chi connectivity index (χ0n) is 7.26. The first kappa shape index (κ1) is 18.5. The number of nitrogens with one attached hydrogen (secondary N) is 2. The minimum absolute atomic E-state index is 0. The number of halogens is 3. The molecule has 3 nitrogen and oxygen atoms in total. The number of nitrogens with zero attached hydrogens (tertiary/aromatic N) is 1. The smallest absolute Gasteiger partial charge is 0.190 e. The van der Waals surface area contributed by atoms with E-state index in [4.69, 9.17) is 5.41 Å². The maximum absolute atomic E-state index is 7.39. The summed E-state index contributed by atoms with van der Waals surface area (Å²) in [6.45, 7) is 3.80. The van der Waals surface area contributed by atoms with Gasteiger partial charge in [-0.25, -0.2) is 0 Å². The molecule has 0 aromatic heterocycles. The monoisotopic (exact) mass is 367 g/mol. The van der Waals surface area contributed by atoms with Gasteiger partial charge in [-0.05, 0) is 6.92 Å². The Bertz CT molecular complexity index is 110. The molecule has 0 atom stereocenters. The van der Waals surface area contributed by atoms with Gasteiger partial charge >= 0.3 is 0 Å². The SMILES string of the molecule is Br.Br.CCN(CCBr)C(=N)NC. The third kappa shape index (κ3) is 7.36. The molecule has 0 fully saturated rings. The van der Waals surface area contributed by atoms with E-state index in [0.717, 1.165) is 18.4 Å². The molecule has 76 valence electrons. The number of rotatable bonds is 3. The van der Waals surface area contributed by atoms with Crippen LogP contribution in [0.2, 0.25) is 0 Å². The van der Waals surface area contributed by atoms with Gasteiger partial charge in [-0.15, -0.1) is 34.0 Å². The molecule has 0 heterocycles. The molecule has 0 spiro atoms. The second-order valence-electron chi connectivity index (χ2n) is 1.87. The van der Waals surface area contributed by atoms with Crippen LogP contribution in [0.3, 0.4) is 0 Å². The van der Waals surface area contributed by atoms with Gasteiger partial charge in [0, 0.05) is 25.5 Å². The summed E-state index contributed by atoms with van der Waals surface area (Å²) in [7, 11) is 1.76. The molecular weight excluding hydrogens is 354 g/mol. The van der Waals surface area contributed by atoms with Crippen LogP contribution in [0.5, 0.6) is 0 Å². The van der Waals surface area contributed by atoms with E-state index in [9.17, 15) is 0 Å². The van der Waals surface area contributed by atoms with Crippen molar-refractivity contribution in [3.63, 3.8) is 0 Å². The number of hydrogen-bond acceptors (Lipinski definition) is 1. The lowest BCUT2D eigenvalue weighted by Gasteiger charge is -2.21. The zero-order chi connectivity index (χ0) is 7.98. The molecule has 0 radical (unpaired) electrons. The van der Waals surface area contributed by atoms with Crippen LogP contribution >= 0.6 is 49.9 Å². The predicted molar refractivity (Wildman–Crippen MR) is 68.5 cm³/mol. The second-order valence-corrected chi connectivity index (χ2v) is 2.66. The molecule has 0 unspecified atom stereocenters. The van der Waals surface area contributed by atoms with E-state index in [-0.39, 0.29) is 34.0 Å². The quantitative estimate of drug-likeness (QED) is 0.454. The fraction of sp³-hybridized carbons (Fsp3) is 0.833. The molecule has 0 aromatic carbocycles. The van der Waals surface area contributed by atoms with Crippen molar-refractivity contribution < 1.29 is 0 Å². The van der Waals surface area contributed by atoms with Gasteiger partial charge in [0.05, 0.1) is 0 Å². The molecule has 0 aliphatic rings. The normalized spacial score (nSPS) is 7.58. The Labute approximate surface area is 103 Å². The fourth-order valence-electron chi connectivity index (χ4n) is 0.688. The van der Waals surface area contributed by atoms with E-state index in [2.05, 4.69) is 21.2 Å².